The molecule has 0 aliphatic carbocycles. The van der Waals surface area contributed by atoms with Crippen molar-refractivity contribution in [2.24, 2.45) is 0 Å². The third kappa shape index (κ3) is 6.07. The maximum atomic E-state index is 12.1. The Kier molecular flexibility index (Phi) is 8.02. The maximum Gasteiger partial charge on any atom is 0.230 e. The molecule has 132 valence electrons. The molecule has 1 heterocycles. The highest BCUT2D eigenvalue weighted by molar-refractivity contribution is 8.23. The van der Waals surface area contributed by atoms with Crippen molar-refractivity contribution in [2.75, 3.05) is 31.9 Å². The van der Waals surface area contributed by atoms with Crippen molar-refractivity contribution in [3.63, 3.8) is 0 Å². The minimum absolute atomic E-state index is 0.0843. The van der Waals surface area contributed by atoms with Gasteiger partial charge in [0.15, 0.2) is 0 Å². The highest BCUT2D eigenvalue weighted by Crippen LogP contribution is 2.14. The monoisotopic (exact) mass is 365 g/mol. The zero-order valence-electron chi connectivity index (χ0n) is 14.5. The summed E-state index contributed by atoms with van der Waals surface area (Å²) < 4.78 is 0.812. The molecule has 1 N–H and O–H groups in total. The lowest BCUT2D eigenvalue weighted by Crippen LogP contribution is -2.38. The smallest absolute Gasteiger partial charge is 0.230 e. The SMILES string of the molecule is CCN(CC)C(=S)SCC(=O)N[C@@H]1CCN(Cc2ccccc2)C1. The van der Waals surface area contributed by atoms with Crippen LogP contribution in [0.15, 0.2) is 30.3 Å². The van der Waals surface area contributed by atoms with Crippen molar-refractivity contribution in [3.8, 4) is 0 Å². The standard InChI is InChI=1S/C18H27N3OS2/c1-3-21(4-2)18(23)24-14-17(22)19-16-10-11-20(13-16)12-15-8-6-5-7-9-15/h5-9,16H,3-4,10-14H2,1-2H3,(H,19,22)/t16-/m1/s1. The first-order chi connectivity index (χ1) is 11.6. The van der Waals surface area contributed by atoms with E-state index in [9.17, 15) is 4.79 Å². The minimum atomic E-state index is 0.0843. The van der Waals surface area contributed by atoms with E-state index < -0.39 is 0 Å². The zero-order valence-corrected chi connectivity index (χ0v) is 16.2. The lowest BCUT2D eigenvalue weighted by molar-refractivity contribution is -0.119. The number of thioether (sulfide) groups is 1. The number of carbonyl (C=O) groups excluding carboxylic acids is 1. The van der Waals surface area contributed by atoms with E-state index in [4.69, 9.17) is 12.2 Å². The Labute approximate surface area is 155 Å². The van der Waals surface area contributed by atoms with Crippen LogP contribution in [-0.2, 0) is 11.3 Å². The van der Waals surface area contributed by atoms with Crippen LogP contribution in [0, 0.1) is 0 Å². The Bertz CT molecular complexity index is 534. The van der Waals surface area contributed by atoms with E-state index in [1.807, 2.05) is 6.07 Å². The van der Waals surface area contributed by atoms with Crippen LogP contribution in [0.5, 0.6) is 0 Å². The van der Waals surface area contributed by atoms with E-state index in [0.29, 0.717) is 5.75 Å². The van der Waals surface area contributed by atoms with Gasteiger partial charge >= 0.3 is 0 Å². The van der Waals surface area contributed by atoms with E-state index in [1.165, 1.54) is 17.3 Å². The molecule has 1 aromatic carbocycles. The van der Waals surface area contributed by atoms with Crippen molar-refractivity contribution in [1.29, 1.82) is 0 Å². The molecule has 1 fully saturated rings. The van der Waals surface area contributed by atoms with Crippen molar-refractivity contribution in [2.45, 2.75) is 32.9 Å². The topological polar surface area (TPSA) is 35.6 Å². The fourth-order valence-corrected chi connectivity index (χ4v) is 4.12. The predicted octanol–water partition coefficient (Wildman–Crippen LogP) is 2.74. The number of hydrogen-bond donors (Lipinski definition) is 1. The summed E-state index contributed by atoms with van der Waals surface area (Å²) in [5.74, 6) is 0.492. The van der Waals surface area contributed by atoms with Gasteiger partial charge in [-0.3, -0.25) is 9.69 Å². The molecule has 1 aliphatic rings. The number of nitrogens with one attached hydrogen (secondary N) is 1. The molecule has 24 heavy (non-hydrogen) atoms. The molecule has 0 unspecified atom stereocenters. The van der Waals surface area contributed by atoms with Gasteiger partial charge in [0.2, 0.25) is 5.91 Å². The van der Waals surface area contributed by atoms with Crippen LogP contribution >= 0.6 is 24.0 Å². The van der Waals surface area contributed by atoms with Crippen molar-refractivity contribution >= 4 is 34.2 Å². The molecule has 6 heteroatoms. The maximum absolute atomic E-state index is 12.1. The number of nitrogens with zero attached hydrogens (tertiary/aromatic N) is 2. The molecule has 1 aliphatic heterocycles. The Morgan fingerprint density at radius 3 is 2.71 bits per heavy atom. The quantitative estimate of drug-likeness (QED) is 0.752. The van der Waals surface area contributed by atoms with Crippen LogP contribution in [-0.4, -0.2) is 58.0 Å². The van der Waals surface area contributed by atoms with Gasteiger partial charge in [-0.15, -0.1) is 0 Å². The molecule has 0 bridgehead atoms. The van der Waals surface area contributed by atoms with Gasteiger partial charge in [-0.2, -0.15) is 0 Å². The van der Waals surface area contributed by atoms with Gasteiger partial charge in [-0.1, -0.05) is 54.3 Å². The second kappa shape index (κ2) is 10.0. The second-order valence-corrected chi connectivity index (χ2v) is 7.61. The third-order valence-corrected chi connectivity index (χ3v) is 5.76. The molecule has 0 aromatic heterocycles. The fraction of sp³-hybridized carbons (Fsp3) is 0.556. The van der Waals surface area contributed by atoms with Crippen LogP contribution in [0.25, 0.3) is 0 Å². The fourth-order valence-electron chi connectivity index (χ4n) is 2.91. The van der Waals surface area contributed by atoms with Gasteiger partial charge in [-0.05, 0) is 25.8 Å². The van der Waals surface area contributed by atoms with Gasteiger partial charge < -0.3 is 10.2 Å². The lowest BCUT2D eigenvalue weighted by Gasteiger charge is -2.21. The highest BCUT2D eigenvalue weighted by Gasteiger charge is 2.24. The number of amides is 1. The molecule has 2 rings (SSSR count). The molecule has 1 aromatic rings. The molecule has 1 atom stereocenters. The van der Waals surface area contributed by atoms with Crippen molar-refractivity contribution in [3.05, 3.63) is 35.9 Å². The summed E-state index contributed by atoms with van der Waals surface area (Å²) in [4.78, 5) is 16.6. The summed E-state index contributed by atoms with van der Waals surface area (Å²) in [7, 11) is 0. The van der Waals surface area contributed by atoms with Gasteiger partial charge in [0.1, 0.15) is 4.32 Å². The first-order valence-electron chi connectivity index (χ1n) is 8.59. The normalized spacial score (nSPS) is 17.7. The molecule has 0 radical (unpaired) electrons. The predicted molar refractivity (Wildman–Crippen MR) is 106 cm³/mol. The minimum Gasteiger partial charge on any atom is -0.358 e. The van der Waals surface area contributed by atoms with Gasteiger partial charge in [0.25, 0.3) is 0 Å². The van der Waals surface area contributed by atoms with Crippen LogP contribution < -0.4 is 5.32 Å². The molecule has 0 saturated carbocycles. The van der Waals surface area contributed by atoms with Gasteiger partial charge in [0.05, 0.1) is 5.75 Å². The summed E-state index contributed by atoms with van der Waals surface area (Å²) in [5, 5.41) is 3.15. The Balaban J connectivity index is 1.69. The Hall–Kier alpha value is -1.11. The summed E-state index contributed by atoms with van der Waals surface area (Å²) in [6, 6.07) is 10.7. The first kappa shape index (κ1) is 19.2. The molecular weight excluding hydrogens is 338 g/mol. The molecular formula is C18H27N3OS2. The number of rotatable bonds is 7. The van der Waals surface area contributed by atoms with Crippen molar-refractivity contribution in [1.82, 2.24) is 15.1 Å². The molecule has 1 amide bonds. The molecule has 1 saturated heterocycles. The average Bonchev–Trinajstić information content (AvgIpc) is 3.02. The second-order valence-electron chi connectivity index (χ2n) is 6.00. The molecule has 0 spiro atoms. The van der Waals surface area contributed by atoms with Crippen LogP contribution in [0.3, 0.4) is 0 Å². The summed E-state index contributed by atoms with van der Waals surface area (Å²) in [6.07, 6.45) is 1.02. The number of likely N-dealkylation sites (tertiary alicyclic amines) is 1. The van der Waals surface area contributed by atoms with Crippen LogP contribution in [0.1, 0.15) is 25.8 Å². The largest absolute Gasteiger partial charge is 0.358 e. The number of benzene rings is 1. The summed E-state index contributed by atoms with van der Waals surface area (Å²) in [6.45, 7) is 8.85. The van der Waals surface area contributed by atoms with Gasteiger partial charge in [-0.25, -0.2) is 0 Å². The van der Waals surface area contributed by atoms with Crippen LogP contribution in [0.4, 0.5) is 0 Å². The number of thiocarbonyl (C=S) groups is 1. The van der Waals surface area contributed by atoms with E-state index in [1.54, 1.807) is 0 Å². The Morgan fingerprint density at radius 2 is 2.04 bits per heavy atom. The zero-order chi connectivity index (χ0) is 17.4. The van der Waals surface area contributed by atoms with E-state index in [2.05, 4.69) is 53.2 Å². The lowest BCUT2D eigenvalue weighted by atomic mass is 10.2. The third-order valence-electron chi connectivity index (χ3n) is 4.23. The van der Waals surface area contributed by atoms with E-state index in [-0.39, 0.29) is 11.9 Å². The number of hydrogen-bond acceptors (Lipinski definition) is 4. The summed E-state index contributed by atoms with van der Waals surface area (Å²) in [5.41, 5.74) is 1.32. The van der Waals surface area contributed by atoms with E-state index >= 15 is 0 Å². The van der Waals surface area contributed by atoms with E-state index in [0.717, 1.165) is 43.5 Å². The average molecular weight is 366 g/mol. The van der Waals surface area contributed by atoms with Gasteiger partial charge in [0, 0.05) is 38.8 Å². The van der Waals surface area contributed by atoms with Crippen LogP contribution in [0.2, 0.25) is 0 Å². The van der Waals surface area contributed by atoms with Crippen molar-refractivity contribution < 1.29 is 4.79 Å². The summed E-state index contributed by atoms with van der Waals surface area (Å²) >= 11 is 6.83. The first-order valence-corrected chi connectivity index (χ1v) is 9.99. The Morgan fingerprint density at radius 1 is 1.33 bits per heavy atom. The number of carbonyl (C=O) groups is 1. The molecule has 4 nitrogen and oxygen atoms in total. The highest BCUT2D eigenvalue weighted by atomic mass is 32.2.